The zero-order valence-electron chi connectivity index (χ0n) is 11.2. The summed E-state index contributed by atoms with van der Waals surface area (Å²) in [6.07, 6.45) is 0. The zero-order chi connectivity index (χ0) is 13.9. The smallest absolute Gasteiger partial charge is 0.160 e. The van der Waals surface area contributed by atoms with E-state index in [1.807, 2.05) is 48.6 Å². The fourth-order valence-electron chi connectivity index (χ4n) is 2.18. The van der Waals surface area contributed by atoms with E-state index in [1.54, 1.807) is 0 Å². The van der Waals surface area contributed by atoms with E-state index in [0.29, 0.717) is 16.9 Å². The van der Waals surface area contributed by atoms with Crippen LogP contribution in [0.5, 0.6) is 11.5 Å². The van der Waals surface area contributed by atoms with Crippen LogP contribution >= 0.6 is 23.5 Å². The topological polar surface area (TPSA) is 29.5 Å². The molecule has 0 aromatic heterocycles. The van der Waals surface area contributed by atoms with Crippen LogP contribution in [0.2, 0.25) is 0 Å². The lowest BCUT2D eigenvalue weighted by molar-refractivity contribution is 0.318. The van der Waals surface area contributed by atoms with Gasteiger partial charge in [-0.2, -0.15) is 0 Å². The molecule has 1 unspecified atom stereocenters. The highest BCUT2D eigenvalue weighted by atomic mass is 32.2. The maximum atomic E-state index is 10.0. The lowest BCUT2D eigenvalue weighted by Crippen LogP contribution is -1.99. The van der Waals surface area contributed by atoms with Crippen LogP contribution < -0.4 is 4.74 Å². The van der Waals surface area contributed by atoms with Crippen molar-refractivity contribution in [2.75, 3.05) is 6.61 Å². The Balaban J connectivity index is 1.83. The van der Waals surface area contributed by atoms with E-state index in [9.17, 15) is 5.11 Å². The Morgan fingerprint density at radius 3 is 2.90 bits per heavy atom. The Morgan fingerprint density at radius 2 is 2.10 bits per heavy atom. The number of phenols is 1. The van der Waals surface area contributed by atoms with Gasteiger partial charge in [0.2, 0.25) is 0 Å². The average molecular weight is 304 g/mol. The van der Waals surface area contributed by atoms with Gasteiger partial charge in [-0.1, -0.05) is 24.3 Å². The van der Waals surface area contributed by atoms with Gasteiger partial charge in [0.05, 0.1) is 11.2 Å². The monoisotopic (exact) mass is 304 g/mol. The molecule has 1 aliphatic rings. The number of ether oxygens (including phenoxy) is 1. The predicted molar refractivity (Wildman–Crippen MR) is 85.6 cm³/mol. The first kappa shape index (κ1) is 13.7. The fraction of sp³-hybridized carbons (Fsp3) is 0.250. The Hall–Kier alpha value is -1.26. The Morgan fingerprint density at radius 1 is 1.25 bits per heavy atom. The highest BCUT2D eigenvalue weighted by Crippen LogP contribution is 2.51. The minimum absolute atomic E-state index is 0.226. The summed E-state index contributed by atoms with van der Waals surface area (Å²) in [6.45, 7) is 2.48. The van der Waals surface area contributed by atoms with Crippen molar-refractivity contribution >= 4 is 23.5 Å². The van der Waals surface area contributed by atoms with Crippen molar-refractivity contribution < 1.29 is 9.84 Å². The molecular weight excluding hydrogens is 288 g/mol. The molecule has 1 atom stereocenters. The number of thioether (sulfide) groups is 2. The third-order valence-electron chi connectivity index (χ3n) is 3.15. The Labute approximate surface area is 127 Å². The highest BCUT2D eigenvalue weighted by Gasteiger charge is 2.21. The fourth-order valence-corrected chi connectivity index (χ4v) is 4.94. The number of benzene rings is 2. The molecule has 2 aromatic carbocycles. The Kier molecular flexibility index (Phi) is 4.13. The SMILES string of the molecule is CCOc1ccc(C2SCc3ccccc3S2)cc1O. The van der Waals surface area contributed by atoms with Gasteiger partial charge >= 0.3 is 0 Å². The standard InChI is InChI=1S/C16H16O2S2/c1-2-18-14-8-7-11(9-13(14)17)16-19-10-12-5-3-4-6-15(12)20-16/h3-9,16-17H,2,10H2,1H3. The third kappa shape index (κ3) is 2.76. The first-order chi connectivity index (χ1) is 9.78. The van der Waals surface area contributed by atoms with E-state index in [0.717, 1.165) is 11.3 Å². The highest BCUT2D eigenvalue weighted by molar-refractivity contribution is 8.16. The molecule has 0 radical (unpaired) electrons. The molecule has 2 aromatic rings. The minimum Gasteiger partial charge on any atom is -0.504 e. The van der Waals surface area contributed by atoms with Crippen molar-refractivity contribution in [1.29, 1.82) is 0 Å². The molecule has 104 valence electrons. The van der Waals surface area contributed by atoms with Crippen LogP contribution in [0.4, 0.5) is 0 Å². The maximum absolute atomic E-state index is 10.0. The lowest BCUT2D eigenvalue weighted by Gasteiger charge is -2.24. The summed E-state index contributed by atoms with van der Waals surface area (Å²) >= 11 is 3.75. The first-order valence-corrected chi connectivity index (χ1v) is 8.52. The summed E-state index contributed by atoms with van der Waals surface area (Å²) in [5, 5.41) is 10.0. The molecule has 0 aliphatic carbocycles. The number of phenolic OH excluding ortho intramolecular Hbond substituents is 1. The van der Waals surface area contributed by atoms with Gasteiger partial charge in [-0.05, 0) is 36.2 Å². The van der Waals surface area contributed by atoms with Gasteiger partial charge < -0.3 is 9.84 Å². The van der Waals surface area contributed by atoms with Crippen LogP contribution in [0, 0.1) is 0 Å². The summed E-state index contributed by atoms with van der Waals surface area (Å²) in [5.41, 5.74) is 2.53. The van der Waals surface area contributed by atoms with Crippen LogP contribution in [-0.4, -0.2) is 11.7 Å². The molecule has 0 spiro atoms. The predicted octanol–water partition coefficient (Wildman–Crippen LogP) is 4.83. The van der Waals surface area contributed by atoms with E-state index in [2.05, 4.69) is 24.3 Å². The van der Waals surface area contributed by atoms with Gasteiger partial charge in [0, 0.05) is 10.6 Å². The van der Waals surface area contributed by atoms with Crippen LogP contribution in [0.25, 0.3) is 0 Å². The quantitative estimate of drug-likeness (QED) is 0.879. The molecule has 0 saturated heterocycles. The molecule has 20 heavy (non-hydrogen) atoms. The zero-order valence-corrected chi connectivity index (χ0v) is 12.8. The first-order valence-electron chi connectivity index (χ1n) is 6.60. The van der Waals surface area contributed by atoms with Gasteiger partial charge in [-0.25, -0.2) is 0 Å². The molecular formula is C16H16O2S2. The number of hydrogen-bond acceptors (Lipinski definition) is 4. The van der Waals surface area contributed by atoms with Gasteiger partial charge in [0.15, 0.2) is 11.5 Å². The second-order valence-electron chi connectivity index (χ2n) is 4.53. The van der Waals surface area contributed by atoms with E-state index in [1.165, 1.54) is 10.5 Å². The van der Waals surface area contributed by atoms with Crippen molar-refractivity contribution in [2.24, 2.45) is 0 Å². The van der Waals surface area contributed by atoms with Gasteiger partial charge in [0.25, 0.3) is 0 Å². The van der Waals surface area contributed by atoms with Crippen molar-refractivity contribution in [3.8, 4) is 11.5 Å². The third-order valence-corrected chi connectivity index (χ3v) is 6.04. The van der Waals surface area contributed by atoms with Gasteiger partial charge in [0.1, 0.15) is 0 Å². The Bertz CT molecular complexity index is 613. The molecule has 1 N–H and O–H groups in total. The lowest BCUT2D eigenvalue weighted by atomic mass is 10.2. The largest absolute Gasteiger partial charge is 0.504 e. The van der Waals surface area contributed by atoms with E-state index in [-0.39, 0.29) is 5.75 Å². The molecule has 0 amide bonds. The van der Waals surface area contributed by atoms with Crippen molar-refractivity contribution in [1.82, 2.24) is 0 Å². The van der Waals surface area contributed by atoms with Gasteiger partial charge in [-0.15, -0.1) is 23.5 Å². The number of hydrogen-bond donors (Lipinski definition) is 1. The normalized spacial score (nSPS) is 17.6. The average Bonchev–Trinajstić information content (AvgIpc) is 2.49. The molecule has 3 rings (SSSR count). The van der Waals surface area contributed by atoms with Crippen molar-refractivity contribution in [2.45, 2.75) is 22.2 Å². The van der Waals surface area contributed by atoms with Crippen molar-refractivity contribution in [3.05, 3.63) is 53.6 Å². The number of rotatable bonds is 3. The van der Waals surface area contributed by atoms with Crippen LogP contribution in [-0.2, 0) is 5.75 Å². The van der Waals surface area contributed by atoms with E-state index < -0.39 is 0 Å². The van der Waals surface area contributed by atoms with Crippen LogP contribution in [0.1, 0.15) is 22.6 Å². The van der Waals surface area contributed by atoms with Gasteiger partial charge in [-0.3, -0.25) is 0 Å². The van der Waals surface area contributed by atoms with E-state index >= 15 is 0 Å². The van der Waals surface area contributed by atoms with Crippen molar-refractivity contribution in [3.63, 3.8) is 0 Å². The second kappa shape index (κ2) is 6.02. The molecule has 4 heteroatoms. The minimum atomic E-state index is 0.226. The molecule has 1 aliphatic heterocycles. The number of fused-ring (bicyclic) bond motifs is 1. The number of aromatic hydroxyl groups is 1. The summed E-state index contributed by atoms with van der Waals surface area (Å²) in [5.74, 6) is 1.80. The molecule has 0 bridgehead atoms. The summed E-state index contributed by atoms with van der Waals surface area (Å²) in [6, 6.07) is 14.2. The summed E-state index contributed by atoms with van der Waals surface area (Å²) < 4.78 is 5.70. The second-order valence-corrected chi connectivity index (χ2v) is 7.07. The van der Waals surface area contributed by atoms with Crippen LogP contribution in [0.15, 0.2) is 47.4 Å². The molecule has 2 nitrogen and oxygen atoms in total. The molecule has 1 heterocycles. The molecule has 0 saturated carbocycles. The van der Waals surface area contributed by atoms with Crippen LogP contribution in [0.3, 0.4) is 0 Å². The summed E-state index contributed by atoms with van der Waals surface area (Å²) in [7, 11) is 0. The maximum Gasteiger partial charge on any atom is 0.160 e. The summed E-state index contributed by atoms with van der Waals surface area (Å²) in [4.78, 5) is 1.34. The van der Waals surface area contributed by atoms with E-state index in [4.69, 9.17) is 4.74 Å². The molecule has 0 fully saturated rings.